The molecule has 2 nitrogen and oxygen atoms in total. The molecular formula is C8H14N2S. The largest absolute Gasteiger partial charge is 0.335 e. The van der Waals surface area contributed by atoms with E-state index in [-0.39, 0.29) is 0 Å². The van der Waals surface area contributed by atoms with Gasteiger partial charge in [0.1, 0.15) is 5.82 Å². The number of hydrogen-bond donors (Lipinski definition) is 1. The Balaban J connectivity index is 2.83. The maximum absolute atomic E-state index is 4.27. The fourth-order valence-electron chi connectivity index (χ4n) is 1.10. The predicted molar refractivity (Wildman–Crippen MR) is 50.2 cm³/mol. The quantitative estimate of drug-likeness (QED) is 0.686. The number of thiol groups is 1. The molecule has 0 aromatic carbocycles. The van der Waals surface area contributed by atoms with Gasteiger partial charge in [-0.2, -0.15) is 12.6 Å². The van der Waals surface area contributed by atoms with E-state index in [0.717, 1.165) is 18.1 Å². The summed E-state index contributed by atoms with van der Waals surface area (Å²) in [6, 6.07) is 0. The molecule has 1 atom stereocenters. The molecular weight excluding hydrogens is 156 g/mol. The van der Waals surface area contributed by atoms with Gasteiger partial charge < -0.3 is 4.57 Å². The van der Waals surface area contributed by atoms with Crippen molar-refractivity contribution >= 4 is 12.6 Å². The van der Waals surface area contributed by atoms with Gasteiger partial charge in [0.05, 0.1) is 0 Å². The Hall–Kier alpha value is -0.440. The number of imidazole rings is 1. The van der Waals surface area contributed by atoms with Crippen molar-refractivity contribution in [3.63, 3.8) is 0 Å². The lowest BCUT2D eigenvalue weighted by Crippen LogP contribution is -2.05. The standard InChI is InChI=1S/C8H14N2S/c1-3-10-5-4-9-8(10)7(2)6-11/h4-5,7,11H,3,6H2,1-2H3. The molecule has 0 saturated carbocycles. The van der Waals surface area contributed by atoms with Gasteiger partial charge in [-0.15, -0.1) is 0 Å². The Morgan fingerprint density at radius 1 is 1.73 bits per heavy atom. The third-order valence-corrected chi connectivity index (χ3v) is 2.35. The molecule has 1 aromatic rings. The number of hydrogen-bond acceptors (Lipinski definition) is 2. The van der Waals surface area contributed by atoms with Gasteiger partial charge in [-0.3, -0.25) is 0 Å². The summed E-state index contributed by atoms with van der Waals surface area (Å²) in [6.45, 7) is 5.26. The normalized spacial score (nSPS) is 13.4. The first-order valence-electron chi connectivity index (χ1n) is 3.91. The van der Waals surface area contributed by atoms with Crippen LogP contribution in [0, 0.1) is 0 Å². The smallest absolute Gasteiger partial charge is 0.112 e. The minimum atomic E-state index is 0.452. The maximum Gasteiger partial charge on any atom is 0.112 e. The van der Waals surface area contributed by atoms with Crippen LogP contribution in [0.25, 0.3) is 0 Å². The summed E-state index contributed by atoms with van der Waals surface area (Å²) in [5.41, 5.74) is 0. The molecule has 62 valence electrons. The molecule has 0 bridgehead atoms. The molecule has 0 spiro atoms. The second-order valence-corrected chi connectivity index (χ2v) is 3.02. The minimum Gasteiger partial charge on any atom is -0.335 e. The Bertz CT molecular complexity index is 220. The van der Waals surface area contributed by atoms with E-state index in [4.69, 9.17) is 0 Å². The van der Waals surface area contributed by atoms with Gasteiger partial charge in [0.2, 0.25) is 0 Å². The van der Waals surface area contributed by atoms with Crippen molar-refractivity contribution in [2.24, 2.45) is 0 Å². The summed E-state index contributed by atoms with van der Waals surface area (Å²) in [7, 11) is 0. The van der Waals surface area contributed by atoms with Gasteiger partial charge in [0, 0.05) is 24.9 Å². The maximum atomic E-state index is 4.27. The summed E-state index contributed by atoms with van der Waals surface area (Å²) < 4.78 is 2.15. The fraction of sp³-hybridized carbons (Fsp3) is 0.625. The van der Waals surface area contributed by atoms with Crippen LogP contribution in [0.5, 0.6) is 0 Å². The van der Waals surface area contributed by atoms with Gasteiger partial charge in [-0.1, -0.05) is 6.92 Å². The Kier molecular flexibility index (Phi) is 3.00. The monoisotopic (exact) mass is 170 g/mol. The lowest BCUT2D eigenvalue weighted by molar-refractivity contribution is 0.657. The fourth-order valence-corrected chi connectivity index (χ4v) is 1.26. The summed E-state index contributed by atoms with van der Waals surface area (Å²) in [5.74, 6) is 2.45. The molecule has 0 aliphatic heterocycles. The highest BCUT2D eigenvalue weighted by Crippen LogP contribution is 2.13. The molecule has 1 aromatic heterocycles. The van der Waals surface area contributed by atoms with Crippen molar-refractivity contribution in [2.45, 2.75) is 26.3 Å². The highest BCUT2D eigenvalue weighted by Gasteiger charge is 2.08. The zero-order chi connectivity index (χ0) is 8.27. The molecule has 11 heavy (non-hydrogen) atoms. The third-order valence-electron chi connectivity index (χ3n) is 1.80. The third kappa shape index (κ3) is 1.77. The van der Waals surface area contributed by atoms with Crippen LogP contribution in [0.15, 0.2) is 12.4 Å². The second-order valence-electron chi connectivity index (χ2n) is 2.66. The first-order chi connectivity index (χ1) is 5.29. The van der Waals surface area contributed by atoms with Crippen LogP contribution < -0.4 is 0 Å². The Morgan fingerprint density at radius 3 is 3.00 bits per heavy atom. The first kappa shape index (κ1) is 8.65. The van der Waals surface area contributed by atoms with Gasteiger partial charge >= 0.3 is 0 Å². The Labute approximate surface area is 73.0 Å². The van der Waals surface area contributed by atoms with Crippen molar-refractivity contribution < 1.29 is 0 Å². The molecule has 0 saturated heterocycles. The van der Waals surface area contributed by atoms with E-state index >= 15 is 0 Å². The molecule has 0 aliphatic carbocycles. The zero-order valence-electron chi connectivity index (χ0n) is 6.99. The highest BCUT2D eigenvalue weighted by molar-refractivity contribution is 7.80. The van der Waals surface area contributed by atoms with Crippen LogP contribution in [-0.2, 0) is 6.54 Å². The second kappa shape index (κ2) is 3.81. The number of aryl methyl sites for hydroxylation is 1. The molecule has 0 radical (unpaired) electrons. The van der Waals surface area contributed by atoms with E-state index in [1.165, 1.54) is 0 Å². The van der Waals surface area contributed by atoms with Crippen molar-refractivity contribution in [1.82, 2.24) is 9.55 Å². The molecule has 0 amide bonds. The lowest BCUT2D eigenvalue weighted by atomic mass is 10.2. The molecule has 1 heterocycles. The van der Waals surface area contributed by atoms with Crippen LogP contribution in [0.4, 0.5) is 0 Å². The Morgan fingerprint density at radius 2 is 2.45 bits per heavy atom. The van der Waals surface area contributed by atoms with Gasteiger partial charge in [-0.05, 0) is 12.7 Å². The topological polar surface area (TPSA) is 17.8 Å². The predicted octanol–water partition coefficient (Wildman–Crippen LogP) is 1.94. The summed E-state index contributed by atoms with van der Waals surface area (Å²) in [5, 5.41) is 0. The SMILES string of the molecule is CCn1ccnc1C(C)CS. The van der Waals surface area contributed by atoms with E-state index in [9.17, 15) is 0 Å². The van der Waals surface area contributed by atoms with Crippen molar-refractivity contribution in [3.05, 3.63) is 18.2 Å². The minimum absolute atomic E-state index is 0.452. The van der Waals surface area contributed by atoms with Crippen LogP contribution >= 0.6 is 12.6 Å². The molecule has 0 N–H and O–H groups in total. The molecule has 0 fully saturated rings. The van der Waals surface area contributed by atoms with Crippen molar-refractivity contribution in [2.75, 3.05) is 5.75 Å². The number of aromatic nitrogens is 2. The van der Waals surface area contributed by atoms with E-state index in [1.54, 1.807) is 0 Å². The van der Waals surface area contributed by atoms with E-state index in [2.05, 4.69) is 36.0 Å². The summed E-state index contributed by atoms with van der Waals surface area (Å²) in [4.78, 5) is 4.27. The zero-order valence-corrected chi connectivity index (χ0v) is 7.88. The van der Waals surface area contributed by atoms with Crippen LogP contribution in [0.1, 0.15) is 25.6 Å². The summed E-state index contributed by atoms with van der Waals surface area (Å²) >= 11 is 4.23. The average Bonchev–Trinajstić information content (AvgIpc) is 2.50. The summed E-state index contributed by atoms with van der Waals surface area (Å²) in [6.07, 6.45) is 3.86. The van der Waals surface area contributed by atoms with E-state index in [1.807, 2.05) is 12.4 Å². The van der Waals surface area contributed by atoms with Gasteiger partial charge in [0.15, 0.2) is 0 Å². The number of nitrogens with zero attached hydrogens (tertiary/aromatic N) is 2. The average molecular weight is 170 g/mol. The van der Waals surface area contributed by atoms with E-state index < -0.39 is 0 Å². The van der Waals surface area contributed by atoms with Crippen LogP contribution in [-0.4, -0.2) is 15.3 Å². The highest BCUT2D eigenvalue weighted by atomic mass is 32.1. The van der Waals surface area contributed by atoms with Crippen LogP contribution in [0.3, 0.4) is 0 Å². The molecule has 1 rings (SSSR count). The van der Waals surface area contributed by atoms with Crippen LogP contribution in [0.2, 0.25) is 0 Å². The molecule has 0 aliphatic rings. The molecule has 3 heteroatoms. The lowest BCUT2D eigenvalue weighted by Gasteiger charge is -2.09. The van der Waals surface area contributed by atoms with Crippen molar-refractivity contribution in [1.29, 1.82) is 0 Å². The molecule has 1 unspecified atom stereocenters. The first-order valence-corrected chi connectivity index (χ1v) is 4.54. The van der Waals surface area contributed by atoms with E-state index in [0.29, 0.717) is 5.92 Å². The van der Waals surface area contributed by atoms with Gasteiger partial charge in [0.25, 0.3) is 0 Å². The van der Waals surface area contributed by atoms with Crippen molar-refractivity contribution in [3.8, 4) is 0 Å². The van der Waals surface area contributed by atoms with Gasteiger partial charge in [-0.25, -0.2) is 4.98 Å². The number of rotatable bonds is 3.